The van der Waals surface area contributed by atoms with E-state index < -0.39 is 17.6 Å². The number of hydrazone groups is 1. The Kier molecular flexibility index (Phi) is 6.84. The second-order valence-corrected chi connectivity index (χ2v) is 7.76. The van der Waals surface area contributed by atoms with Gasteiger partial charge < -0.3 is 4.74 Å². The van der Waals surface area contributed by atoms with Crippen molar-refractivity contribution in [3.63, 3.8) is 0 Å². The third-order valence-corrected chi connectivity index (χ3v) is 5.45. The van der Waals surface area contributed by atoms with Gasteiger partial charge >= 0.3 is 6.18 Å². The summed E-state index contributed by atoms with van der Waals surface area (Å²) in [6.07, 6.45) is -3.13. The van der Waals surface area contributed by atoms with E-state index in [1.54, 1.807) is 12.1 Å². The molecule has 4 aromatic carbocycles. The lowest BCUT2D eigenvalue weighted by Gasteiger charge is -2.12. The molecule has 172 valence electrons. The van der Waals surface area contributed by atoms with Crippen molar-refractivity contribution in [3.8, 4) is 5.75 Å². The summed E-state index contributed by atoms with van der Waals surface area (Å²) in [5, 5.41) is 6.32. The summed E-state index contributed by atoms with van der Waals surface area (Å²) >= 11 is 6.22. The fourth-order valence-corrected chi connectivity index (χ4v) is 3.55. The van der Waals surface area contributed by atoms with Gasteiger partial charge in [0.05, 0.1) is 11.8 Å². The van der Waals surface area contributed by atoms with E-state index in [1.807, 2.05) is 48.5 Å². The van der Waals surface area contributed by atoms with Crippen molar-refractivity contribution in [1.29, 1.82) is 0 Å². The Morgan fingerprint density at radius 2 is 1.74 bits per heavy atom. The third kappa shape index (κ3) is 5.38. The van der Waals surface area contributed by atoms with Crippen LogP contribution in [0.3, 0.4) is 0 Å². The molecule has 0 aromatic heterocycles. The number of hydrogen-bond acceptors (Lipinski definition) is 3. The summed E-state index contributed by atoms with van der Waals surface area (Å²) in [4.78, 5) is 12.4. The van der Waals surface area contributed by atoms with Crippen molar-refractivity contribution in [1.82, 2.24) is 5.43 Å². The van der Waals surface area contributed by atoms with Crippen LogP contribution >= 0.6 is 11.6 Å². The molecule has 0 spiro atoms. The van der Waals surface area contributed by atoms with Crippen LogP contribution in [0.25, 0.3) is 10.8 Å². The molecule has 4 aromatic rings. The Morgan fingerprint density at radius 3 is 2.53 bits per heavy atom. The minimum absolute atomic E-state index is 0.153. The molecule has 34 heavy (non-hydrogen) atoms. The number of carbonyl (C=O) groups is 1. The largest absolute Gasteiger partial charge is 0.488 e. The van der Waals surface area contributed by atoms with Gasteiger partial charge in [0.15, 0.2) is 0 Å². The molecular formula is C26H18ClF3N2O2. The van der Waals surface area contributed by atoms with Gasteiger partial charge in [0.2, 0.25) is 0 Å². The van der Waals surface area contributed by atoms with E-state index in [-0.39, 0.29) is 12.2 Å². The van der Waals surface area contributed by atoms with Gasteiger partial charge in [-0.25, -0.2) is 5.43 Å². The minimum atomic E-state index is -4.55. The van der Waals surface area contributed by atoms with E-state index in [4.69, 9.17) is 16.3 Å². The summed E-state index contributed by atoms with van der Waals surface area (Å²) in [6.45, 7) is 0.218. The smallest absolute Gasteiger partial charge is 0.416 e. The topological polar surface area (TPSA) is 50.7 Å². The zero-order valence-electron chi connectivity index (χ0n) is 17.6. The van der Waals surface area contributed by atoms with Crippen LogP contribution in [-0.2, 0) is 12.8 Å². The van der Waals surface area contributed by atoms with Crippen LogP contribution in [0.1, 0.15) is 27.0 Å². The van der Waals surface area contributed by atoms with Crippen molar-refractivity contribution >= 4 is 34.5 Å². The first-order chi connectivity index (χ1) is 16.3. The Morgan fingerprint density at radius 1 is 0.971 bits per heavy atom. The molecule has 1 N–H and O–H groups in total. The Labute approximate surface area is 198 Å². The van der Waals surface area contributed by atoms with E-state index in [0.717, 1.165) is 28.5 Å². The third-order valence-electron chi connectivity index (χ3n) is 5.08. The number of benzene rings is 4. The summed E-state index contributed by atoms with van der Waals surface area (Å²) in [5.74, 6) is -0.253. The van der Waals surface area contributed by atoms with Crippen molar-refractivity contribution in [2.75, 3.05) is 0 Å². The number of rotatable bonds is 6. The highest BCUT2D eigenvalue weighted by Gasteiger charge is 2.30. The second kappa shape index (κ2) is 9.97. The highest BCUT2D eigenvalue weighted by atomic mass is 35.5. The van der Waals surface area contributed by atoms with Crippen LogP contribution in [0.2, 0.25) is 5.02 Å². The molecule has 0 aliphatic carbocycles. The minimum Gasteiger partial charge on any atom is -0.488 e. The van der Waals surface area contributed by atoms with E-state index in [0.29, 0.717) is 16.3 Å². The summed E-state index contributed by atoms with van der Waals surface area (Å²) in [7, 11) is 0. The molecular weight excluding hydrogens is 465 g/mol. The quantitative estimate of drug-likeness (QED) is 0.241. The maximum absolute atomic E-state index is 12.9. The van der Waals surface area contributed by atoms with Crippen LogP contribution in [0.5, 0.6) is 5.75 Å². The molecule has 0 heterocycles. The van der Waals surface area contributed by atoms with E-state index >= 15 is 0 Å². The lowest BCUT2D eigenvalue weighted by Crippen LogP contribution is -2.18. The monoisotopic (exact) mass is 482 g/mol. The molecule has 0 saturated heterocycles. The first-order valence-electron chi connectivity index (χ1n) is 10.2. The van der Waals surface area contributed by atoms with Crippen molar-refractivity contribution in [3.05, 3.63) is 112 Å². The fraction of sp³-hybridized carbons (Fsp3) is 0.0769. The van der Waals surface area contributed by atoms with E-state index in [9.17, 15) is 18.0 Å². The molecule has 4 nitrogen and oxygen atoms in total. The Bertz CT molecular complexity index is 1370. The predicted molar refractivity (Wildman–Crippen MR) is 126 cm³/mol. The van der Waals surface area contributed by atoms with E-state index in [1.165, 1.54) is 18.3 Å². The number of hydrogen-bond donors (Lipinski definition) is 1. The fourth-order valence-electron chi connectivity index (χ4n) is 3.36. The molecule has 0 aliphatic rings. The number of alkyl halides is 3. The molecule has 0 atom stereocenters. The molecule has 0 aliphatic heterocycles. The molecule has 1 amide bonds. The second-order valence-electron chi connectivity index (χ2n) is 7.36. The SMILES string of the molecule is O=C(N/N=C\c1c(OCc2ccccc2Cl)ccc2ccccc12)c1cccc(C(F)(F)F)c1. The Balaban J connectivity index is 1.58. The van der Waals surface area contributed by atoms with Gasteiger partial charge in [-0.3, -0.25) is 4.79 Å². The lowest BCUT2D eigenvalue weighted by molar-refractivity contribution is -0.137. The molecule has 8 heteroatoms. The van der Waals surface area contributed by atoms with Gasteiger partial charge in [0.25, 0.3) is 5.91 Å². The van der Waals surface area contributed by atoms with Crippen molar-refractivity contribution in [2.24, 2.45) is 5.10 Å². The number of nitrogens with one attached hydrogen (secondary N) is 1. The average molecular weight is 483 g/mol. The summed E-state index contributed by atoms with van der Waals surface area (Å²) in [5.41, 5.74) is 2.64. The molecule has 0 radical (unpaired) electrons. The van der Waals surface area contributed by atoms with Crippen molar-refractivity contribution < 1.29 is 22.7 Å². The van der Waals surface area contributed by atoms with E-state index in [2.05, 4.69) is 10.5 Å². The maximum Gasteiger partial charge on any atom is 0.416 e. The predicted octanol–water partition coefficient (Wildman–Crippen LogP) is 6.85. The maximum atomic E-state index is 12.9. The molecule has 0 fully saturated rings. The van der Waals surface area contributed by atoms with Gasteiger partial charge in [0, 0.05) is 21.7 Å². The molecule has 4 rings (SSSR count). The lowest BCUT2D eigenvalue weighted by atomic mass is 10.0. The Hall–Kier alpha value is -3.84. The summed E-state index contributed by atoms with van der Waals surface area (Å²) in [6, 6.07) is 22.7. The van der Waals surface area contributed by atoms with Gasteiger partial charge in [-0.2, -0.15) is 18.3 Å². The summed E-state index contributed by atoms with van der Waals surface area (Å²) < 4.78 is 44.8. The molecule has 0 bridgehead atoms. The number of nitrogens with zero attached hydrogens (tertiary/aromatic N) is 1. The van der Waals surface area contributed by atoms with Gasteiger partial charge in [-0.05, 0) is 41.1 Å². The van der Waals surface area contributed by atoms with Crippen LogP contribution < -0.4 is 10.2 Å². The number of halogens is 4. The zero-order valence-corrected chi connectivity index (χ0v) is 18.4. The zero-order chi connectivity index (χ0) is 24.1. The van der Waals surface area contributed by atoms with Crippen LogP contribution in [-0.4, -0.2) is 12.1 Å². The number of fused-ring (bicyclic) bond motifs is 1. The number of carbonyl (C=O) groups excluding carboxylic acids is 1. The van der Waals surface area contributed by atoms with Gasteiger partial charge in [0.1, 0.15) is 12.4 Å². The molecule has 0 unspecified atom stereocenters. The van der Waals surface area contributed by atoms with Crippen LogP contribution in [0, 0.1) is 0 Å². The van der Waals surface area contributed by atoms with Crippen LogP contribution in [0.15, 0.2) is 90.0 Å². The first kappa shape index (κ1) is 23.3. The highest BCUT2D eigenvalue weighted by Crippen LogP contribution is 2.30. The highest BCUT2D eigenvalue weighted by molar-refractivity contribution is 6.31. The molecule has 0 saturated carbocycles. The standard InChI is InChI=1S/C26H18ClF3N2O2/c27-23-11-4-2-7-19(23)16-34-24-13-12-17-6-1-3-10-21(17)22(24)15-31-32-25(33)18-8-5-9-20(14-18)26(28,29)30/h1-15H,16H2,(H,32,33)/b31-15-. The number of amides is 1. The van der Waals surface area contributed by atoms with Crippen LogP contribution in [0.4, 0.5) is 13.2 Å². The average Bonchev–Trinajstić information content (AvgIpc) is 2.83. The van der Waals surface area contributed by atoms with Crippen molar-refractivity contribution in [2.45, 2.75) is 12.8 Å². The normalized spacial score (nSPS) is 11.6. The van der Waals surface area contributed by atoms with Gasteiger partial charge in [-0.1, -0.05) is 66.2 Å². The van der Waals surface area contributed by atoms with Gasteiger partial charge in [-0.15, -0.1) is 0 Å². The number of ether oxygens (including phenoxy) is 1. The first-order valence-corrected chi connectivity index (χ1v) is 10.6.